The molecule has 3 rings (SSSR count). The van der Waals surface area contributed by atoms with Gasteiger partial charge in [0.2, 0.25) is 11.8 Å². The Balaban J connectivity index is 1.37. The normalized spacial score (nSPS) is 22.7. The summed E-state index contributed by atoms with van der Waals surface area (Å²) in [6.07, 6.45) is 6.02. The van der Waals surface area contributed by atoms with Crippen molar-refractivity contribution in [2.75, 3.05) is 32.8 Å². The van der Waals surface area contributed by atoms with Crippen LogP contribution in [0.15, 0.2) is 0 Å². The Morgan fingerprint density at radius 2 is 1.50 bits per heavy atom. The number of nitrogens with one attached hydrogen (secondary N) is 1. The van der Waals surface area contributed by atoms with E-state index in [1.165, 1.54) is 6.42 Å². The number of carbonyl (C=O) groups excluding carboxylic acids is 3. The van der Waals surface area contributed by atoms with E-state index in [0.717, 1.165) is 38.5 Å². The van der Waals surface area contributed by atoms with Crippen molar-refractivity contribution >= 4 is 17.9 Å². The first-order valence-corrected chi connectivity index (χ1v) is 10.1. The van der Waals surface area contributed by atoms with Gasteiger partial charge in [-0.3, -0.25) is 9.59 Å². The van der Waals surface area contributed by atoms with Crippen LogP contribution >= 0.6 is 0 Å². The van der Waals surface area contributed by atoms with Crippen molar-refractivity contribution in [3.8, 4) is 0 Å². The SMILES string of the molecule is CCOC(=O)N1CCC(NC(=O)C2CCN(C(=O)C3CCC3)CC2)CC1. The van der Waals surface area contributed by atoms with Gasteiger partial charge in [-0.25, -0.2) is 4.79 Å². The summed E-state index contributed by atoms with van der Waals surface area (Å²) in [5.74, 6) is 0.644. The Morgan fingerprint density at radius 3 is 2.04 bits per heavy atom. The Hall–Kier alpha value is -1.79. The molecule has 2 heterocycles. The van der Waals surface area contributed by atoms with Gasteiger partial charge in [-0.15, -0.1) is 0 Å². The molecule has 0 spiro atoms. The van der Waals surface area contributed by atoms with Crippen molar-refractivity contribution < 1.29 is 19.1 Å². The number of piperidine rings is 2. The number of likely N-dealkylation sites (tertiary alicyclic amines) is 2. The lowest BCUT2D eigenvalue weighted by atomic mass is 9.83. The number of carbonyl (C=O) groups is 3. The molecule has 7 nitrogen and oxygen atoms in total. The Labute approximate surface area is 155 Å². The van der Waals surface area contributed by atoms with E-state index in [-0.39, 0.29) is 29.9 Å². The predicted octanol–water partition coefficient (Wildman–Crippen LogP) is 1.76. The van der Waals surface area contributed by atoms with Crippen LogP contribution in [0.3, 0.4) is 0 Å². The van der Waals surface area contributed by atoms with E-state index in [4.69, 9.17) is 4.74 Å². The fourth-order valence-electron chi connectivity index (χ4n) is 4.02. The van der Waals surface area contributed by atoms with Crippen molar-refractivity contribution in [1.29, 1.82) is 0 Å². The largest absolute Gasteiger partial charge is 0.450 e. The molecule has 0 aromatic rings. The zero-order valence-corrected chi connectivity index (χ0v) is 15.7. The summed E-state index contributed by atoms with van der Waals surface area (Å²) < 4.78 is 5.02. The highest BCUT2D eigenvalue weighted by Gasteiger charge is 2.34. The van der Waals surface area contributed by atoms with Crippen LogP contribution in [0.4, 0.5) is 4.79 Å². The number of rotatable bonds is 4. The highest BCUT2D eigenvalue weighted by Crippen LogP contribution is 2.30. The lowest BCUT2D eigenvalue weighted by Gasteiger charge is -2.37. The van der Waals surface area contributed by atoms with E-state index in [2.05, 4.69) is 5.32 Å². The summed E-state index contributed by atoms with van der Waals surface area (Å²) >= 11 is 0. The number of nitrogens with zero attached hydrogens (tertiary/aromatic N) is 2. The quantitative estimate of drug-likeness (QED) is 0.823. The molecule has 0 atom stereocenters. The predicted molar refractivity (Wildman–Crippen MR) is 96.4 cm³/mol. The zero-order valence-electron chi connectivity index (χ0n) is 15.7. The van der Waals surface area contributed by atoms with Crippen molar-refractivity contribution in [2.24, 2.45) is 11.8 Å². The fraction of sp³-hybridized carbons (Fsp3) is 0.842. The van der Waals surface area contributed by atoms with Gasteiger partial charge in [0.15, 0.2) is 0 Å². The maximum absolute atomic E-state index is 12.5. The van der Waals surface area contributed by atoms with Crippen LogP contribution in [0.5, 0.6) is 0 Å². The standard InChI is InChI=1S/C19H31N3O4/c1-2-26-19(25)22-12-8-16(9-13-22)20-17(23)14-6-10-21(11-7-14)18(24)15-4-3-5-15/h14-16H,2-13H2,1H3,(H,20,23). The molecule has 3 fully saturated rings. The fourth-order valence-corrected chi connectivity index (χ4v) is 4.02. The first-order chi connectivity index (χ1) is 12.6. The van der Waals surface area contributed by atoms with Gasteiger partial charge in [-0.2, -0.15) is 0 Å². The van der Waals surface area contributed by atoms with Gasteiger partial charge >= 0.3 is 6.09 Å². The van der Waals surface area contributed by atoms with Crippen LogP contribution in [-0.4, -0.2) is 66.5 Å². The topological polar surface area (TPSA) is 79.0 Å². The molecule has 7 heteroatoms. The zero-order chi connectivity index (χ0) is 18.5. The minimum atomic E-state index is -0.263. The van der Waals surface area contributed by atoms with Gasteiger partial charge in [-0.1, -0.05) is 6.42 Å². The van der Waals surface area contributed by atoms with E-state index in [1.54, 1.807) is 11.8 Å². The molecule has 2 aliphatic heterocycles. The van der Waals surface area contributed by atoms with Gasteiger partial charge in [-0.05, 0) is 45.4 Å². The van der Waals surface area contributed by atoms with E-state index >= 15 is 0 Å². The smallest absolute Gasteiger partial charge is 0.409 e. The van der Waals surface area contributed by atoms with Crippen molar-refractivity contribution in [2.45, 2.75) is 57.9 Å². The Bertz CT molecular complexity index is 519. The molecule has 0 aromatic carbocycles. The molecule has 2 saturated heterocycles. The van der Waals surface area contributed by atoms with E-state index < -0.39 is 0 Å². The average Bonchev–Trinajstić information content (AvgIpc) is 2.61. The summed E-state index contributed by atoms with van der Waals surface area (Å²) in [5.41, 5.74) is 0. The van der Waals surface area contributed by atoms with Gasteiger partial charge in [0.1, 0.15) is 0 Å². The summed E-state index contributed by atoms with van der Waals surface area (Å²) in [4.78, 5) is 40.2. The van der Waals surface area contributed by atoms with Crippen LogP contribution in [0.2, 0.25) is 0 Å². The first kappa shape index (κ1) is 19.0. The third-order valence-corrected chi connectivity index (χ3v) is 6.00. The summed E-state index contributed by atoms with van der Waals surface area (Å²) in [6.45, 7) is 4.84. The molecule has 1 saturated carbocycles. The van der Waals surface area contributed by atoms with Gasteiger partial charge in [0.05, 0.1) is 6.61 Å². The summed E-state index contributed by atoms with van der Waals surface area (Å²) in [6, 6.07) is 0.128. The molecule has 3 aliphatic rings. The van der Waals surface area contributed by atoms with Gasteiger partial charge < -0.3 is 19.9 Å². The molecule has 1 N–H and O–H groups in total. The third kappa shape index (κ3) is 4.48. The van der Waals surface area contributed by atoms with Crippen molar-refractivity contribution in [1.82, 2.24) is 15.1 Å². The third-order valence-electron chi connectivity index (χ3n) is 6.00. The molecule has 0 unspecified atom stereocenters. The number of hydrogen-bond acceptors (Lipinski definition) is 4. The molecule has 1 aliphatic carbocycles. The van der Waals surface area contributed by atoms with Crippen LogP contribution in [-0.2, 0) is 14.3 Å². The molecule has 0 aromatic heterocycles. The average molecular weight is 365 g/mol. The van der Waals surface area contributed by atoms with Crippen LogP contribution in [0.25, 0.3) is 0 Å². The summed E-state index contributed by atoms with van der Waals surface area (Å²) in [7, 11) is 0. The minimum absolute atomic E-state index is 0.00327. The van der Waals surface area contributed by atoms with Crippen molar-refractivity contribution in [3.63, 3.8) is 0 Å². The number of ether oxygens (including phenoxy) is 1. The van der Waals surface area contributed by atoms with E-state index in [0.29, 0.717) is 38.7 Å². The van der Waals surface area contributed by atoms with E-state index in [9.17, 15) is 14.4 Å². The molecular formula is C19H31N3O4. The molecule has 26 heavy (non-hydrogen) atoms. The number of hydrogen-bond donors (Lipinski definition) is 1. The monoisotopic (exact) mass is 365 g/mol. The Morgan fingerprint density at radius 1 is 0.885 bits per heavy atom. The molecule has 3 amide bonds. The molecule has 0 bridgehead atoms. The maximum Gasteiger partial charge on any atom is 0.409 e. The van der Waals surface area contributed by atoms with Crippen molar-refractivity contribution in [3.05, 3.63) is 0 Å². The second-order valence-electron chi connectivity index (χ2n) is 7.70. The second kappa shape index (κ2) is 8.73. The lowest BCUT2D eigenvalue weighted by molar-refractivity contribution is -0.141. The van der Waals surface area contributed by atoms with E-state index in [1.807, 2.05) is 4.90 Å². The molecule has 0 radical (unpaired) electrons. The lowest BCUT2D eigenvalue weighted by Crippen LogP contribution is -2.50. The van der Waals surface area contributed by atoms with Crippen LogP contribution in [0, 0.1) is 11.8 Å². The number of amides is 3. The molecule has 146 valence electrons. The van der Waals surface area contributed by atoms with Crippen LogP contribution in [0.1, 0.15) is 51.9 Å². The van der Waals surface area contributed by atoms with Gasteiger partial charge in [0, 0.05) is 44.1 Å². The Kier molecular flexibility index (Phi) is 6.38. The highest BCUT2D eigenvalue weighted by molar-refractivity contribution is 5.81. The van der Waals surface area contributed by atoms with Gasteiger partial charge in [0.25, 0.3) is 0 Å². The highest BCUT2D eigenvalue weighted by atomic mass is 16.6. The second-order valence-corrected chi connectivity index (χ2v) is 7.70. The first-order valence-electron chi connectivity index (χ1n) is 10.1. The van der Waals surface area contributed by atoms with Crippen LogP contribution < -0.4 is 5.32 Å². The summed E-state index contributed by atoms with van der Waals surface area (Å²) in [5, 5.41) is 3.15. The maximum atomic E-state index is 12.5. The molecular weight excluding hydrogens is 334 g/mol. The minimum Gasteiger partial charge on any atom is -0.450 e.